The third-order valence-electron chi connectivity index (χ3n) is 2.18. The van der Waals surface area contributed by atoms with E-state index in [1.807, 2.05) is 0 Å². The summed E-state index contributed by atoms with van der Waals surface area (Å²) < 4.78 is 25.7. The lowest BCUT2D eigenvalue weighted by atomic mass is 10.2. The fourth-order valence-corrected chi connectivity index (χ4v) is 2.51. The number of rotatable bonds is 5. The van der Waals surface area contributed by atoms with E-state index in [2.05, 4.69) is 4.72 Å². The molecule has 0 spiro atoms. The first kappa shape index (κ1) is 13.6. The molecule has 1 amide bonds. The maximum absolute atomic E-state index is 11.8. The maximum Gasteiger partial charge on any atom is 0.247 e. The average molecular weight is 258 g/mol. The second-order valence-corrected chi connectivity index (χ2v) is 5.27. The summed E-state index contributed by atoms with van der Waals surface area (Å²) in [5, 5.41) is 9.10. The van der Waals surface area contributed by atoms with Gasteiger partial charge in [-0.05, 0) is 18.6 Å². The molecule has 4 N–H and O–H groups in total. The topological polar surface area (TPSA) is 109 Å². The Hall–Kier alpha value is -1.44. The van der Waals surface area contributed by atoms with Gasteiger partial charge < -0.3 is 10.8 Å². The van der Waals surface area contributed by atoms with Gasteiger partial charge in [-0.15, -0.1) is 0 Å². The van der Waals surface area contributed by atoms with Crippen molar-refractivity contribution in [3.05, 3.63) is 29.8 Å². The minimum Gasteiger partial charge on any atom is -0.382 e. The number of hydrogen-bond acceptors (Lipinski definition) is 4. The minimum atomic E-state index is -3.74. The van der Waals surface area contributed by atoms with Crippen LogP contribution in [-0.2, 0) is 14.8 Å². The zero-order chi connectivity index (χ0) is 13.1. The molecule has 1 unspecified atom stereocenters. The summed E-state index contributed by atoms with van der Waals surface area (Å²) in [6.45, 7) is 1.21. The molecule has 94 valence electrons. The molecule has 7 heteroatoms. The number of carbonyl (C=O) groups excluding carboxylic acids is 1. The van der Waals surface area contributed by atoms with Crippen LogP contribution in [-0.4, -0.2) is 32.1 Å². The van der Waals surface area contributed by atoms with Crippen LogP contribution in [0.2, 0.25) is 0 Å². The quantitative estimate of drug-likeness (QED) is 0.637. The minimum absolute atomic E-state index is 0.108. The second-order valence-electron chi connectivity index (χ2n) is 3.54. The molecule has 1 rings (SSSR count). The molecule has 1 atom stereocenters. The molecule has 0 heterocycles. The molecule has 0 aliphatic rings. The first-order valence-electron chi connectivity index (χ1n) is 4.87. The van der Waals surface area contributed by atoms with Gasteiger partial charge in [-0.25, -0.2) is 13.1 Å². The summed E-state index contributed by atoms with van der Waals surface area (Å²) in [5.41, 5.74) is 5.39. The highest BCUT2D eigenvalue weighted by molar-refractivity contribution is 7.89. The van der Waals surface area contributed by atoms with Gasteiger partial charge in [0.2, 0.25) is 15.9 Å². The van der Waals surface area contributed by atoms with Crippen molar-refractivity contribution in [2.45, 2.75) is 17.9 Å². The standard InChI is InChI=1S/C10H14N2O4S/c1-7-4-2-3-5-9(7)17(15,16)12-6-8(13)10(11)14/h2-5,8,12-13H,6H2,1H3,(H2,11,14). The zero-order valence-corrected chi connectivity index (χ0v) is 10.1. The van der Waals surface area contributed by atoms with E-state index in [9.17, 15) is 13.2 Å². The van der Waals surface area contributed by atoms with Crippen molar-refractivity contribution < 1.29 is 18.3 Å². The first-order chi connectivity index (χ1) is 7.84. The highest BCUT2D eigenvalue weighted by Gasteiger charge is 2.19. The van der Waals surface area contributed by atoms with Gasteiger partial charge >= 0.3 is 0 Å². The van der Waals surface area contributed by atoms with Crippen molar-refractivity contribution in [1.29, 1.82) is 0 Å². The van der Waals surface area contributed by atoms with E-state index < -0.39 is 28.6 Å². The van der Waals surface area contributed by atoms with E-state index in [0.29, 0.717) is 5.56 Å². The summed E-state index contributed by atoms with van der Waals surface area (Å²) >= 11 is 0. The lowest BCUT2D eigenvalue weighted by Gasteiger charge is -2.10. The molecule has 17 heavy (non-hydrogen) atoms. The van der Waals surface area contributed by atoms with Crippen LogP contribution < -0.4 is 10.5 Å². The van der Waals surface area contributed by atoms with Crippen LogP contribution in [0, 0.1) is 6.92 Å². The average Bonchev–Trinajstić information content (AvgIpc) is 2.26. The molecule has 1 aromatic rings. The summed E-state index contributed by atoms with van der Waals surface area (Å²) in [6, 6.07) is 6.39. The zero-order valence-electron chi connectivity index (χ0n) is 9.25. The van der Waals surface area contributed by atoms with Crippen molar-refractivity contribution >= 4 is 15.9 Å². The SMILES string of the molecule is Cc1ccccc1S(=O)(=O)NCC(O)C(N)=O. The third kappa shape index (κ3) is 3.52. The van der Waals surface area contributed by atoms with E-state index in [1.165, 1.54) is 6.07 Å². The number of nitrogens with two attached hydrogens (primary N) is 1. The Balaban J connectivity index is 2.84. The van der Waals surface area contributed by atoms with Gasteiger partial charge in [-0.3, -0.25) is 4.79 Å². The predicted molar refractivity (Wildman–Crippen MR) is 61.6 cm³/mol. The second kappa shape index (κ2) is 5.26. The largest absolute Gasteiger partial charge is 0.382 e. The van der Waals surface area contributed by atoms with E-state index in [4.69, 9.17) is 10.8 Å². The van der Waals surface area contributed by atoms with Crippen molar-refractivity contribution in [2.75, 3.05) is 6.54 Å². The lowest BCUT2D eigenvalue weighted by molar-refractivity contribution is -0.125. The number of hydrogen-bond donors (Lipinski definition) is 3. The van der Waals surface area contributed by atoms with Gasteiger partial charge in [0.15, 0.2) is 0 Å². The Morgan fingerprint density at radius 1 is 1.47 bits per heavy atom. The highest BCUT2D eigenvalue weighted by atomic mass is 32.2. The fourth-order valence-electron chi connectivity index (χ4n) is 1.22. The Morgan fingerprint density at radius 3 is 2.59 bits per heavy atom. The van der Waals surface area contributed by atoms with E-state index in [-0.39, 0.29) is 4.90 Å². The lowest BCUT2D eigenvalue weighted by Crippen LogP contribution is -2.40. The monoisotopic (exact) mass is 258 g/mol. The molecular weight excluding hydrogens is 244 g/mol. The van der Waals surface area contributed by atoms with E-state index >= 15 is 0 Å². The van der Waals surface area contributed by atoms with Crippen LogP contribution in [0.1, 0.15) is 5.56 Å². The van der Waals surface area contributed by atoms with Gasteiger partial charge in [0.1, 0.15) is 6.10 Å². The molecule has 6 nitrogen and oxygen atoms in total. The van der Waals surface area contributed by atoms with Crippen molar-refractivity contribution in [2.24, 2.45) is 5.73 Å². The van der Waals surface area contributed by atoms with Gasteiger partial charge in [0.25, 0.3) is 0 Å². The smallest absolute Gasteiger partial charge is 0.247 e. The third-order valence-corrected chi connectivity index (χ3v) is 3.76. The molecule has 1 aromatic carbocycles. The van der Waals surface area contributed by atoms with Crippen LogP contribution in [0.4, 0.5) is 0 Å². The number of amides is 1. The summed E-state index contributed by atoms with van der Waals surface area (Å²) in [4.78, 5) is 10.7. The normalized spacial score (nSPS) is 13.3. The first-order valence-corrected chi connectivity index (χ1v) is 6.35. The van der Waals surface area contributed by atoms with Gasteiger partial charge in [0.05, 0.1) is 4.90 Å². The summed E-state index contributed by atoms with van der Waals surface area (Å²) in [7, 11) is -3.74. The fraction of sp³-hybridized carbons (Fsp3) is 0.300. The molecule has 0 aliphatic heterocycles. The van der Waals surface area contributed by atoms with Crippen LogP contribution in [0.15, 0.2) is 29.2 Å². The summed E-state index contributed by atoms with van der Waals surface area (Å²) in [5.74, 6) is -0.975. The van der Waals surface area contributed by atoms with Crippen LogP contribution in [0.25, 0.3) is 0 Å². The van der Waals surface area contributed by atoms with Crippen molar-refractivity contribution in [3.63, 3.8) is 0 Å². The van der Waals surface area contributed by atoms with Gasteiger partial charge in [-0.2, -0.15) is 0 Å². The number of carbonyl (C=O) groups is 1. The Bertz CT molecular complexity index is 513. The summed E-state index contributed by atoms with van der Waals surface area (Å²) in [6.07, 6.45) is -1.53. The Labute approximate surface area is 99.5 Å². The number of primary amides is 1. The number of nitrogens with one attached hydrogen (secondary N) is 1. The molecule has 0 bridgehead atoms. The maximum atomic E-state index is 11.8. The van der Waals surface area contributed by atoms with Gasteiger partial charge in [0, 0.05) is 6.54 Å². The molecular formula is C10H14N2O4S. The Morgan fingerprint density at radius 2 is 2.06 bits per heavy atom. The number of aliphatic hydroxyl groups excluding tert-OH is 1. The predicted octanol–water partition coefficient (Wildman–Crippen LogP) is -0.880. The number of benzene rings is 1. The molecule has 0 saturated carbocycles. The van der Waals surface area contributed by atoms with E-state index in [1.54, 1.807) is 25.1 Å². The molecule has 0 aromatic heterocycles. The molecule has 0 radical (unpaired) electrons. The molecule has 0 fully saturated rings. The van der Waals surface area contributed by atoms with Crippen molar-refractivity contribution in [3.8, 4) is 0 Å². The highest BCUT2D eigenvalue weighted by Crippen LogP contribution is 2.13. The number of sulfonamides is 1. The van der Waals surface area contributed by atoms with E-state index in [0.717, 1.165) is 0 Å². The van der Waals surface area contributed by atoms with Crippen LogP contribution >= 0.6 is 0 Å². The van der Waals surface area contributed by atoms with Crippen LogP contribution in [0.5, 0.6) is 0 Å². The number of aliphatic hydroxyl groups is 1. The van der Waals surface area contributed by atoms with Crippen LogP contribution in [0.3, 0.4) is 0 Å². The molecule has 0 aliphatic carbocycles. The number of aryl methyl sites for hydroxylation is 1. The molecule has 0 saturated heterocycles. The van der Waals surface area contributed by atoms with Gasteiger partial charge in [-0.1, -0.05) is 18.2 Å². The van der Waals surface area contributed by atoms with Crippen molar-refractivity contribution in [1.82, 2.24) is 4.72 Å². The Kier molecular flexibility index (Phi) is 4.22.